The van der Waals surface area contributed by atoms with E-state index in [2.05, 4.69) is 388 Å². The lowest BCUT2D eigenvalue weighted by Crippen LogP contribution is -2.03. The van der Waals surface area contributed by atoms with Crippen molar-refractivity contribution in [1.29, 1.82) is 0 Å². The third-order valence-electron chi connectivity index (χ3n) is 28.8. The number of aromatic nitrogens is 11. The number of rotatable bonds is 9. The lowest BCUT2D eigenvalue weighted by Gasteiger charge is -2.14. The van der Waals surface area contributed by atoms with Crippen molar-refractivity contribution in [3.63, 3.8) is 0 Å². The van der Waals surface area contributed by atoms with E-state index >= 15 is 0 Å². The van der Waals surface area contributed by atoms with Gasteiger partial charge in [-0.15, -0.1) is 0 Å². The van der Waals surface area contributed by atoms with Gasteiger partial charge in [-0.05, 0) is 195 Å². The van der Waals surface area contributed by atoms with Crippen LogP contribution in [0.1, 0.15) is 11.1 Å². The highest BCUT2D eigenvalue weighted by molar-refractivity contribution is 6.40. The summed E-state index contributed by atoms with van der Waals surface area (Å²) in [5.41, 5.74) is 23.7. The van der Waals surface area contributed by atoms with Gasteiger partial charge in [0.1, 0.15) is 5.69 Å². The largest absolute Gasteiger partial charge is 0.309 e. The predicted octanol–water partition coefficient (Wildman–Crippen LogP) is 32.4. The van der Waals surface area contributed by atoms with Crippen molar-refractivity contribution in [3.8, 4) is 79.8 Å². The van der Waals surface area contributed by atoms with E-state index in [1.807, 2.05) is 84.9 Å². The fourth-order valence-electron chi connectivity index (χ4n) is 23.1. The van der Waals surface area contributed by atoms with Crippen molar-refractivity contribution in [1.82, 2.24) is 53.2 Å². The van der Waals surface area contributed by atoms with Crippen molar-refractivity contribution in [2.24, 2.45) is 0 Å². The number of hydrogen-bond acceptors (Lipinski definition) is 7. The first-order valence-corrected chi connectivity index (χ1v) is 47.4. The van der Waals surface area contributed by atoms with Crippen LogP contribution in [0.2, 0.25) is 0 Å². The lowest BCUT2D eigenvalue weighted by molar-refractivity contribution is 1.01. The van der Waals surface area contributed by atoms with Gasteiger partial charge >= 0.3 is 0 Å². The molecule has 0 radical (unpaired) electrons. The maximum atomic E-state index is 5.37. The lowest BCUT2D eigenvalue weighted by atomic mass is 9.95. The van der Waals surface area contributed by atoms with Gasteiger partial charge in [-0.2, -0.15) is 0 Å². The number of fused-ring (bicyclic) bond motifs is 13. The Morgan fingerprint density at radius 1 is 0.158 bits per heavy atom. The molecule has 0 saturated carbocycles. The number of benzene rings is 20. The Hall–Kier alpha value is -18.7. The summed E-state index contributed by atoms with van der Waals surface area (Å²) in [6, 6.07) is 162. The molecule has 1 aliphatic carbocycles. The molecule has 7 aromatic heterocycles. The second-order valence-electron chi connectivity index (χ2n) is 36.3. The van der Waals surface area contributed by atoms with Gasteiger partial charge in [0, 0.05) is 87.7 Å². The first-order valence-electron chi connectivity index (χ1n) is 47.4. The second-order valence-corrected chi connectivity index (χ2v) is 36.3. The highest BCUT2D eigenvalue weighted by atomic mass is 15.2. The van der Waals surface area contributed by atoms with Crippen molar-refractivity contribution in [2.45, 2.75) is 6.42 Å². The minimum absolute atomic E-state index is 0.637. The highest BCUT2D eigenvalue weighted by Crippen LogP contribution is 2.52. The van der Waals surface area contributed by atoms with E-state index in [0.29, 0.717) is 23.4 Å². The highest BCUT2D eigenvalue weighted by Gasteiger charge is 2.31. The van der Waals surface area contributed by atoms with Gasteiger partial charge in [0.2, 0.25) is 5.95 Å². The predicted molar refractivity (Wildman–Crippen MR) is 577 cm³/mol. The van der Waals surface area contributed by atoms with E-state index in [1.165, 1.54) is 157 Å². The van der Waals surface area contributed by atoms with Crippen LogP contribution in [0.15, 0.2) is 455 Å². The molecule has 11 nitrogen and oxygen atoms in total. The van der Waals surface area contributed by atoms with Crippen LogP contribution < -0.4 is 0 Å². The molecule has 0 spiro atoms. The molecule has 0 aliphatic heterocycles. The van der Waals surface area contributed by atoms with Crippen LogP contribution in [0, 0.1) is 0 Å². The van der Waals surface area contributed by atoms with E-state index in [9.17, 15) is 0 Å². The van der Waals surface area contributed by atoms with E-state index in [-0.39, 0.29) is 0 Å². The molecule has 31 rings (SSSR count). The molecule has 0 N–H and O–H groups in total. The van der Waals surface area contributed by atoms with Gasteiger partial charge in [-0.3, -0.25) is 9.13 Å². The summed E-state index contributed by atoms with van der Waals surface area (Å²) in [5, 5.41) is 31.5. The van der Waals surface area contributed by atoms with E-state index in [1.54, 1.807) is 0 Å². The van der Waals surface area contributed by atoms with E-state index in [4.69, 9.17) is 34.9 Å². The average Bonchev–Trinajstić information content (AvgIpc) is 1.54. The molecule has 1 aliphatic rings. The van der Waals surface area contributed by atoms with Gasteiger partial charge in [-0.25, -0.2) is 34.9 Å². The van der Waals surface area contributed by atoms with Crippen molar-refractivity contribution in [2.75, 3.05) is 0 Å². The molecular weight excluding hydrogens is 1690 g/mol. The summed E-state index contributed by atoms with van der Waals surface area (Å²) >= 11 is 0. The third kappa shape index (κ3) is 11.9. The zero-order chi connectivity index (χ0) is 91.0. The SMILES string of the molecule is c1ccc(-c2nc(-c3ccccc3)nc(-c3cccc(-n4c5cccc6c7ccccc7c7ccccc7c7cccc4c7c65)c3)n2)cc1.c1ccc(-c2nc(-n3c4cccc5c6ccccc6c6cccc7c6c6c(c54)c3ccc6n7-c3ccccc3)nc3ccccc23)cc1.c1ccc(-c2nc3ccccc3nc2-n2c3cccc4c5ccccc5c5cccc6c5c5c(ccc2c5c43)C6)cc1. The molecular formula is C128H77N11. The molecule has 7 heterocycles. The molecule has 0 unspecified atom stereocenters. The third-order valence-corrected chi connectivity index (χ3v) is 28.8. The maximum absolute atomic E-state index is 5.37. The molecule has 0 amide bonds. The normalized spacial score (nSPS) is 12.1. The first-order chi connectivity index (χ1) is 69.0. The number of nitrogens with zero attached hydrogens (tertiary/aromatic N) is 11. The second kappa shape index (κ2) is 30.9. The zero-order valence-electron chi connectivity index (χ0n) is 74.9. The fourth-order valence-corrected chi connectivity index (χ4v) is 23.1. The van der Waals surface area contributed by atoms with Gasteiger partial charge in [0.15, 0.2) is 23.3 Å². The Morgan fingerprint density at radius 3 is 0.950 bits per heavy atom. The minimum atomic E-state index is 0.637. The van der Waals surface area contributed by atoms with Crippen molar-refractivity contribution < 1.29 is 0 Å². The number of para-hydroxylation sites is 4. The Balaban J connectivity index is 0.000000101. The fraction of sp³-hybridized carbons (Fsp3) is 0.00781. The summed E-state index contributed by atoms with van der Waals surface area (Å²) in [6.45, 7) is 0. The molecule has 11 heteroatoms. The Bertz CT molecular complexity index is 10200. The van der Waals surface area contributed by atoms with Gasteiger partial charge < -0.3 is 9.13 Å². The molecule has 23 aromatic carbocycles. The molecule has 0 atom stereocenters. The maximum Gasteiger partial charge on any atom is 0.235 e. The molecule has 139 heavy (non-hydrogen) atoms. The summed E-state index contributed by atoms with van der Waals surface area (Å²) in [4.78, 5) is 36.2. The summed E-state index contributed by atoms with van der Waals surface area (Å²) in [7, 11) is 0. The summed E-state index contributed by atoms with van der Waals surface area (Å²) in [5.74, 6) is 3.46. The van der Waals surface area contributed by atoms with Crippen LogP contribution in [0.5, 0.6) is 0 Å². The topological polar surface area (TPSA) is 110 Å². The van der Waals surface area contributed by atoms with E-state index < -0.39 is 0 Å². The van der Waals surface area contributed by atoms with E-state index in [0.717, 1.165) is 112 Å². The van der Waals surface area contributed by atoms with Gasteiger partial charge in [0.25, 0.3) is 0 Å². The minimum Gasteiger partial charge on any atom is -0.309 e. The van der Waals surface area contributed by atoms with Crippen LogP contribution in [0.3, 0.4) is 0 Å². The number of hydrogen-bond donors (Lipinski definition) is 0. The smallest absolute Gasteiger partial charge is 0.235 e. The molecule has 0 fully saturated rings. The Kier molecular flexibility index (Phi) is 17.3. The standard InChI is InChI=1S/C45H28N4.C44H26N4.C39H23N3/c1-3-14-29(15-4-1)43-46-44(30-16-5-2-6-17-30)48-45(47-43)31-18-11-19-32(28-31)49-39-26-12-24-37-35-22-9-7-20-33(35)34-21-8-10-23-36(34)38-25-13-27-40(49)42(38)41(37)39;1-3-13-27(14-4-1)43-33-19-9-10-22-34(33)45-44(46-43)48-36-24-12-21-32-30-18-8-7-17-29(30)31-20-11-23-35-39(31)41-37(25-26-38(48)42(41)40(32)36)47(35)28-15-5-2-6-16-28;1-2-10-23(11-3-1)38-39(41-31-18-7-6-17-30(31)40-38)42-32-19-9-16-29-27-14-5-4-13-26(27)28-15-8-12-24-22-25-20-21-33(42)37(36(29)32)35(25)34(24)28/h1-28H;1-26H;1-21H,22H2. The van der Waals surface area contributed by atoms with Crippen LogP contribution in [0.25, 0.3) is 275 Å². The molecule has 30 aromatic rings. The van der Waals surface area contributed by atoms with Crippen LogP contribution >= 0.6 is 0 Å². The molecule has 0 bridgehead atoms. The zero-order valence-corrected chi connectivity index (χ0v) is 74.9. The van der Waals surface area contributed by atoms with Crippen LogP contribution in [-0.4, -0.2) is 53.2 Å². The average molecular weight is 1770 g/mol. The van der Waals surface area contributed by atoms with Crippen molar-refractivity contribution in [3.05, 3.63) is 466 Å². The first kappa shape index (κ1) is 77.8. The molecule has 0 saturated heterocycles. The summed E-state index contributed by atoms with van der Waals surface area (Å²) < 4.78 is 9.47. The van der Waals surface area contributed by atoms with Gasteiger partial charge in [-0.1, -0.05) is 364 Å². The monoisotopic (exact) mass is 1770 g/mol. The Labute approximate surface area is 795 Å². The quantitative estimate of drug-likeness (QED) is 0.142. The van der Waals surface area contributed by atoms with Gasteiger partial charge in [0.05, 0.1) is 66.4 Å². The van der Waals surface area contributed by atoms with Crippen LogP contribution in [0.4, 0.5) is 0 Å². The molecule has 644 valence electrons. The van der Waals surface area contributed by atoms with Crippen molar-refractivity contribution >= 4 is 195 Å². The summed E-state index contributed by atoms with van der Waals surface area (Å²) in [6.07, 6.45) is 0.955. The Morgan fingerprint density at radius 2 is 0.460 bits per heavy atom. The van der Waals surface area contributed by atoms with Crippen LogP contribution in [-0.2, 0) is 6.42 Å².